The molecule has 1 aromatic heterocycles. The lowest BCUT2D eigenvalue weighted by atomic mass is 10.1. The highest BCUT2D eigenvalue weighted by Crippen LogP contribution is 2.36. The quantitative estimate of drug-likeness (QED) is 0.888. The van der Waals surface area contributed by atoms with Gasteiger partial charge in [-0.3, -0.25) is 0 Å². The molecule has 0 unspecified atom stereocenters. The summed E-state index contributed by atoms with van der Waals surface area (Å²) in [6.07, 6.45) is 3.10. The Kier molecular flexibility index (Phi) is 4.78. The van der Waals surface area contributed by atoms with Crippen molar-refractivity contribution in [2.24, 2.45) is 5.92 Å². The number of nitrogens with zero attached hydrogens (tertiary/aromatic N) is 2. The third kappa shape index (κ3) is 3.39. The molecule has 0 radical (unpaired) electrons. The van der Waals surface area contributed by atoms with Crippen molar-refractivity contribution in [2.45, 2.75) is 50.6 Å². The first kappa shape index (κ1) is 17.2. The van der Waals surface area contributed by atoms with Crippen molar-refractivity contribution >= 4 is 0 Å². The molecule has 0 bridgehead atoms. The van der Waals surface area contributed by atoms with Gasteiger partial charge in [-0.05, 0) is 23.5 Å². The summed E-state index contributed by atoms with van der Waals surface area (Å²) in [5.41, 5.74) is 2.41. The molecule has 138 valence electrons. The van der Waals surface area contributed by atoms with E-state index in [1.807, 2.05) is 19.1 Å². The molecule has 0 aliphatic heterocycles. The molecule has 6 heteroatoms. The molecule has 26 heavy (non-hydrogen) atoms. The van der Waals surface area contributed by atoms with Gasteiger partial charge >= 0.3 is 0 Å². The topological polar surface area (TPSA) is 73.7 Å². The molecule has 6 nitrogen and oxygen atoms in total. The fourth-order valence-corrected chi connectivity index (χ4v) is 3.95. The van der Waals surface area contributed by atoms with Crippen LogP contribution >= 0.6 is 0 Å². The first-order chi connectivity index (χ1) is 12.6. The molecule has 1 saturated carbocycles. The van der Waals surface area contributed by atoms with Crippen LogP contribution in [0.3, 0.4) is 0 Å². The zero-order valence-electron chi connectivity index (χ0n) is 15.0. The fourth-order valence-electron chi connectivity index (χ4n) is 3.95. The fraction of sp³-hybridized carbons (Fsp3) is 0.500. The Morgan fingerprint density at radius 2 is 1.85 bits per heavy atom. The highest BCUT2D eigenvalue weighted by molar-refractivity contribution is 5.36. The summed E-state index contributed by atoms with van der Waals surface area (Å²) >= 11 is 0. The molecule has 1 aromatic carbocycles. The van der Waals surface area contributed by atoms with Crippen LogP contribution in [0.2, 0.25) is 0 Å². The molecule has 4 rings (SSSR count). The second kappa shape index (κ2) is 7.21. The van der Waals surface area contributed by atoms with Crippen molar-refractivity contribution in [3.63, 3.8) is 0 Å². The Labute approximate surface area is 153 Å². The number of aliphatic hydroxyl groups excluding tert-OH is 1. The molecule has 1 N–H and O–H groups in total. The van der Waals surface area contributed by atoms with Crippen LogP contribution in [-0.4, -0.2) is 40.5 Å². The number of aromatic nitrogens is 2. The van der Waals surface area contributed by atoms with Gasteiger partial charge in [-0.15, -0.1) is 0 Å². The lowest BCUT2D eigenvalue weighted by Gasteiger charge is -2.20. The van der Waals surface area contributed by atoms with E-state index in [-0.39, 0.29) is 30.3 Å². The van der Waals surface area contributed by atoms with Crippen LogP contribution in [0, 0.1) is 5.92 Å². The number of hydrogen-bond donors (Lipinski definition) is 1. The number of hydrogen-bond acceptors (Lipinski definition) is 6. The van der Waals surface area contributed by atoms with Crippen LogP contribution < -0.4 is 9.47 Å². The number of ether oxygens (including phenoxy) is 3. The minimum Gasteiger partial charge on any atom is -0.474 e. The number of benzene rings is 1. The average molecular weight is 356 g/mol. The number of rotatable bonds is 5. The largest absolute Gasteiger partial charge is 0.474 e. The van der Waals surface area contributed by atoms with Crippen LogP contribution in [0.25, 0.3) is 0 Å². The Hall–Kier alpha value is -2.18. The van der Waals surface area contributed by atoms with Crippen LogP contribution in [0.1, 0.15) is 37.0 Å². The summed E-state index contributed by atoms with van der Waals surface area (Å²) in [5.74, 6) is 1.20. The van der Waals surface area contributed by atoms with Gasteiger partial charge in [0.15, 0.2) is 0 Å². The van der Waals surface area contributed by atoms with Crippen molar-refractivity contribution in [3.05, 3.63) is 47.8 Å². The number of aliphatic hydroxyl groups is 1. The molecule has 0 spiro atoms. The predicted molar refractivity (Wildman–Crippen MR) is 95.2 cm³/mol. The first-order valence-corrected chi connectivity index (χ1v) is 9.08. The van der Waals surface area contributed by atoms with Gasteiger partial charge in [0.25, 0.3) is 0 Å². The lowest BCUT2D eigenvalue weighted by molar-refractivity contribution is 0.0102. The van der Waals surface area contributed by atoms with Crippen molar-refractivity contribution in [2.75, 3.05) is 7.11 Å². The average Bonchev–Trinajstić information content (AvgIpc) is 3.14. The highest BCUT2D eigenvalue weighted by atomic mass is 16.5. The van der Waals surface area contributed by atoms with Gasteiger partial charge < -0.3 is 19.3 Å². The van der Waals surface area contributed by atoms with E-state index in [2.05, 4.69) is 22.1 Å². The van der Waals surface area contributed by atoms with Gasteiger partial charge in [0.1, 0.15) is 24.6 Å². The summed E-state index contributed by atoms with van der Waals surface area (Å²) < 4.78 is 17.7. The molecule has 1 heterocycles. The summed E-state index contributed by atoms with van der Waals surface area (Å²) in [5, 5.41) is 9.88. The van der Waals surface area contributed by atoms with E-state index in [1.165, 1.54) is 17.5 Å². The first-order valence-electron chi connectivity index (χ1n) is 9.08. The molecule has 2 aliphatic rings. The van der Waals surface area contributed by atoms with Crippen LogP contribution in [-0.2, 0) is 11.2 Å². The molecule has 0 amide bonds. The SMILES string of the molecule is CO[C@H]1c2ccccc2C[C@H]1Oc1cc(O[C@@H]2C[C@H](C)[C@@H](O)C2)ncn1. The molecular formula is C20H24N2O4. The van der Waals surface area contributed by atoms with Gasteiger partial charge in [0.2, 0.25) is 11.8 Å². The van der Waals surface area contributed by atoms with Gasteiger partial charge in [0.05, 0.1) is 12.2 Å². The number of methoxy groups -OCH3 is 1. The van der Waals surface area contributed by atoms with Gasteiger partial charge in [-0.1, -0.05) is 31.2 Å². The molecular weight excluding hydrogens is 332 g/mol. The van der Waals surface area contributed by atoms with Crippen molar-refractivity contribution < 1.29 is 19.3 Å². The van der Waals surface area contributed by atoms with E-state index in [4.69, 9.17) is 14.2 Å². The smallest absolute Gasteiger partial charge is 0.220 e. The van der Waals surface area contributed by atoms with E-state index in [0.717, 1.165) is 12.8 Å². The maximum atomic E-state index is 9.88. The summed E-state index contributed by atoms with van der Waals surface area (Å²) in [4.78, 5) is 8.40. The molecule has 5 atom stereocenters. The summed E-state index contributed by atoms with van der Waals surface area (Å²) in [7, 11) is 1.70. The third-order valence-electron chi connectivity index (χ3n) is 5.35. The molecule has 0 saturated heterocycles. The Morgan fingerprint density at radius 3 is 2.58 bits per heavy atom. The minimum absolute atomic E-state index is 0.0230. The van der Waals surface area contributed by atoms with E-state index >= 15 is 0 Å². The van der Waals surface area contributed by atoms with Gasteiger partial charge in [-0.25, -0.2) is 9.97 Å². The predicted octanol–water partition coefficient (Wildman–Crippen LogP) is 2.71. The zero-order valence-corrected chi connectivity index (χ0v) is 15.0. The van der Waals surface area contributed by atoms with Crippen LogP contribution in [0.15, 0.2) is 36.7 Å². The van der Waals surface area contributed by atoms with Crippen LogP contribution in [0.5, 0.6) is 11.8 Å². The zero-order chi connectivity index (χ0) is 18.1. The molecule has 1 fully saturated rings. The van der Waals surface area contributed by atoms with Gasteiger partial charge in [-0.2, -0.15) is 0 Å². The normalized spacial score (nSPS) is 30.2. The second-order valence-electron chi connectivity index (χ2n) is 7.17. The Bertz CT molecular complexity index is 759. The monoisotopic (exact) mass is 356 g/mol. The lowest BCUT2D eigenvalue weighted by Crippen LogP contribution is -2.23. The standard InChI is InChI=1S/C20H24N2O4/c1-12-7-14(9-16(12)23)25-18-10-19(22-11-21-18)26-17-8-13-5-3-4-6-15(13)20(17)24-2/h3-6,10-12,14,16-17,20,23H,7-9H2,1-2H3/t12-,14+,16-,17+,20-/m0/s1. The van der Waals surface area contributed by atoms with Crippen LogP contribution in [0.4, 0.5) is 0 Å². The van der Waals surface area contributed by atoms with E-state index in [0.29, 0.717) is 18.2 Å². The molecule has 2 aliphatic carbocycles. The van der Waals surface area contributed by atoms with Crippen molar-refractivity contribution in [3.8, 4) is 11.8 Å². The van der Waals surface area contributed by atoms with Gasteiger partial charge in [0, 0.05) is 20.0 Å². The third-order valence-corrected chi connectivity index (χ3v) is 5.35. The van der Waals surface area contributed by atoms with Crippen molar-refractivity contribution in [1.29, 1.82) is 0 Å². The summed E-state index contributed by atoms with van der Waals surface area (Å²) in [6.45, 7) is 2.03. The molecule has 2 aromatic rings. The Morgan fingerprint density at radius 1 is 1.08 bits per heavy atom. The van der Waals surface area contributed by atoms with E-state index < -0.39 is 0 Å². The van der Waals surface area contributed by atoms with E-state index in [9.17, 15) is 5.11 Å². The summed E-state index contributed by atoms with van der Waals surface area (Å²) in [6, 6.07) is 9.94. The van der Waals surface area contributed by atoms with Crippen molar-refractivity contribution in [1.82, 2.24) is 9.97 Å². The minimum atomic E-state index is -0.308. The second-order valence-corrected chi connectivity index (χ2v) is 7.17. The van der Waals surface area contributed by atoms with E-state index in [1.54, 1.807) is 13.2 Å². The number of fused-ring (bicyclic) bond motifs is 1. The Balaban J connectivity index is 1.44. The highest BCUT2D eigenvalue weighted by Gasteiger charge is 2.35. The maximum absolute atomic E-state index is 9.88. The maximum Gasteiger partial charge on any atom is 0.220 e.